The normalized spacial score (nSPS) is 11.1. The van der Waals surface area contributed by atoms with Crippen LogP contribution in [0, 0.1) is 0 Å². The topological polar surface area (TPSA) is 76.4 Å². The van der Waals surface area contributed by atoms with E-state index in [1.165, 1.54) is 23.1 Å². The van der Waals surface area contributed by atoms with E-state index < -0.39 is 5.97 Å². The number of imidazole rings is 1. The number of ether oxygens (including phenoxy) is 1. The van der Waals surface area contributed by atoms with Crippen LogP contribution in [0.2, 0.25) is 0 Å². The number of nitrogens with zero attached hydrogens (tertiary/aromatic N) is 2. The number of aromatic carboxylic acids is 1. The second-order valence-corrected chi connectivity index (χ2v) is 10.5. The van der Waals surface area contributed by atoms with Gasteiger partial charge in [0.05, 0.1) is 16.9 Å². The molecule has 0 bridgehead atoms. The first kappa shape index (κ1) is 28.8. The highest BCUT2D eigenvalue weighted by atomic mass is 32.2. The van der Waals surface area contributed by atoms with Gasteiger partial charge in [-0.25, -0.2) is 9.78 Å². The van der Waals surface area contributed by atoms with Gasteiger partial charge in [0.2, 0.25) is 0 Å². The Balaban J connectivity index is 1.26. The van der Waals surface area contributed by atoms with Gasteiger partial charge in [-0.3, -0.25) is 0 Å². The summed E-state index contributed by atoms with van der Waals surface area (Å²) in [6.07, 6.45) is 6.91. The molecule has 2 N–H and O–H groups in total. The maximum absolute atomic E-state index is 11.6. The Labute approximate surface area is 250 Å². The highest BCUT2D eigenvalue weighted by Gasteiger charge is 2.12. The molecular formula is C35H33N3O3S. The summed E-state index contributed by atoms with van der Waals surface area (Å²) in [5.74, 6) is 2.02. The van der Waals surface area contributed by atoms with E-state index in [4.69, 9.17) is 9.72 Å². The molecule has 1 heterocycles. The summed E-state index contributed by atoms with van der Waals surface area (Å²) in [7, 11) is 0. The fraction of sp³-hybridized carbons (Fsp3) is 0.143. The molecule has 0 aliphatic rings. The van der Waals surface area contributed by atoms with Crippen molar-refractivity contribution in [2.45, 2.75) is 32.6 Å². The number of hydrogen-bond acceptors (Lipinski definition) is 5. The first-order valence-electron chi connectivity index (χ1n) is 13.9. The van der Waals surface area contributed by atoms with E-state index in [-0.39, 0.29) is 5.56 Å². The zero-order valence-electron chi connectivity index (χ0n) is 23.7. The van der Waals surface area contributed by atoms with Crippen LogP contribution in [-0.2, 0) is 18.7 Å². The summed E-state index contributed by atoms with van der Waals surface area (Å²) in [4.78, 5) is 16.3. The number of carboxylic acid groups (broad SMARTS) is 1. The molecule has 0 atom stereocenters. The van der Waals surface area contributed by atoms with Gasteiger partial charge in [0, 0.05) is 24.9 Å². The van der Waals surface area contributed by atoms with Crippen LogP contribution in [0.3, 0.4) is 0 Å². The maximum atomic E-state index is 11.6. The molecule has 5 rings (SSSR count). The van der Waals surface area contributed by atoms with E-state index in [1.54, 1.807) is 18.2 Å². The average Bonchev–Trinajstić information content (AvgIpc) is 3.40. The largest absolute Gasteiger partial charge is 0.478 e. The summed E-state index contributed by atoms with van der Waals surface area (Å²) in [6.45, 7) is 5.02. The van der Waals surface area contributed by atoms with Crippen LogP contribution in [-0.4, -0.2) is 20.6 Å². The maximum Gasteiger partial charge on any atom is 0.335 e. The Morgan fingerprint density at radius 3 is 2.33 bits per heavy atom. The third kappa shape index (κ3) is 7.30. The zero-order valence-corrected chi connectivity index (χ0v) is 24.5. The zero-order chi connectivity index (χ0) is 29.3. The van der Waals surface area contributed by atoms with Crippen molar-refractivity contribution in [1.82, 2.24) is 9.55 Å². The summed E-state index contributed by atoms with van der Waals surface area (Å²) < 4.78 is 11.6. The number of aryl methyl sites for hydroxylation is 1. The number of rotatable bonds is 12. The molecule has 0 radical (unpaired) electrons. The van der Waals surface area contributed by atoms with E-state index in [0.29, 0.717) is 17.2 Å². The molecule has 0 aliphatic carbocycles. The van der Waals surface area contributed by atoms with Gasteiger partial charge in [0.25, 0.3) is 0 Å². The molecule has 0 fully saturated rings. The van der Waals surface area contributed by atoms with Crippen LogP contribution in [0.5, 0.6) is 11.5 Å². The molecular weight excluding hydrogens is 542 g/mol. The second-order valence-electron chi connectivity index (χ2n) is 9.76. The molecule has 1 aromatic heterocycles. The molecule has 7 heteroatoms. The Kier molecular flexibility index (Phi) is 9.41. The monoisotopic (exact) mass is 575 g/mol. The van der Waals surface area contributed by atoms with Crippen molar-refractivity contribution in [3.63, 3.8) is 0 Å². The van der Waals surface area contributed by atoms with Crippen molar-refractivity contribution in [3.05, 3.63) is 138 Å². The molecule has 0 aliphatic heterocycles. The Hall–Kier alpha value is -4.75. The molecule has 0 saturated heterocycles. The minimum absolute atomic E-state index is 0.195. The van der Waals surface area contributed by atoms with Crippen LogP contribution in [0.4, 0.5) is 5.69 Å². The van der Waals surface area contributed by atoms with E-state index in [9.17, 15) is 9.90 Å². The lowest BCUT2D eigenvalue weighted by molar-refractivity contribution is 0.0697. The van der Waals surface area contributed by atoms with Gasteiger partial charge in [0.15, 0.2) is 5.75 Å². The molecule has 0 saturated carbocycles. The highest BCUT2D eigenvalue weighted by molar-refractivity contribution is 7.99. The number of anilines is 1. The molecule has 42 heavy (non-hydrogen) atoms. The number of aromatic nitrogens is 2. The molecule has 0 spiro atoms. The number of benzene rings is 4. The second kappa shape index (κ2) is 13.7. The lowest BCUT2D eigenvalue weighted by Gasteiger charge is -2.14. The minimum Gasteiger partial charge on any atom is -0.478 e. The summed E-state index contributed by atoms with van der Waals surface area (Å²) >= 11 is 1.48. The van der Waals surface area contributed by atoms with Crippen LogP contribution >= 0.6 is 11.9 Å². The van der Waals surface area contributed by atoms with Gasteiger partial charge >= 0.3 is 5.97 Å². The fourth-order valence-corrected chi connectivity index (χ4v) is 5.33. The van der Waals surface area contributed by atoms with Crippen molar-refractivity contribution in [2.75, 3.05) is 4.72 Å². The van der Waals surface area contributed by atoms with Gasteiger partial charge in [0.1, 0.15) is 11.6 Å². The molecule has 5 aromatic rings. The lowest BCUT2D eigenvalue weighted by Crippen LogP contribution is -2.01. The van der Waals surface area contributed by atoms with Crippen LogP contribution in [0.1, 0.15) is 46.9 Å². The smallest absolute Gasteiger partial charge is 0.335 e. The van der Waals surface area contributed by atoms with E-state index in [2.05, 4.69) is 58.8 Å². The highest BCUT2D eigenvalue weighted by Crippen LogP contribution is 2.34. The molecule has 0 amide bonds. The summed E-state index contributed by atoms with van der Waals surface area (Å²) in [5.41, 5.74) is 6.36. The lowest BCUT2D eigenvalue weighted by atomic mass is 10.0. The predicted octanol–water partition coefficient (Wildman–Crippen LogP) is 8.94. The van der Waals surface area contributed by atoms with Gasteiger partial charge < -0.3 is 19.1 Å². The van der Waals surface area contributed by atoms with Gasteiger partial charge in [-0.2, -0.15) is 0 Å². The Morgan fingerprint density at radius 2 is 1.67 bits per heavy atom. The number of carboxylic acids is 1. The van der Waals surface area contributed by atoms with E-state index in [0.717, 1.165) is 41.4 Å². The SMILES string of the molecule is C/C=C/c1cn(CC)c(Cc2ccc(-c3ccc(Oc4ccc(C(=O)O)cc4NSCc4ccccc4)cc3)cc2)n1. The van der Waals surface area contributed by atoms with Crippen LogP contribution < -0.4 is 9.46 Å². The van der Waals surface area contributed by atoms with Gasteiger partial charge in [-0.05, 0) is 84.5 Å². The number of hydrogen-bond donors (Lipinski definition) is 2. The van der Waals surface area contributed by atoms with E-state index >= 15 is 0 Å². The summed E-state index contributed by atoms with van der Waals surface area (Å²) in [6, 6.07) is 31.4. The first-order chi connectivity index (χ1) is 20.5. The molecule has 212 valence electrons. The predicted molar refractivity (Wildman–Crippen MR) is 172 cm³/mol. The third-order valence-corrected chi connectivity index (χ3v) is 7.62. The van der Waals surface area contributed by atoms with Crippen molar-refractivity contribution in [2.24, 2.45) is 0 Å². The van der Waals surface area contributed by atoms with E-state index in [1.807, 2.05) is 61.5 Å². The van der Waals surface area contributed by atoms with Crippen molar-refractivity contribution in [1.29, 1.82) is 0 Å². The quantitative estimate of drug-likeness (QED) is 0.145. The van der Waals surface area contributed by atoms with Crippen LogP contribution in [0.25, 0.3) is 17.2 Å². The number of carbonyl (C=O) groups is 1. The summed E-state index contributed by atoms with van der Waals surface area (Å²) in [5, 5.41) is 9.49. The first-order valence-corrected chi connectivity index (χ1v) is 14.9. The van der Waals surface area contributed by atoms with Crippen LogP contribution in [0.15, 0.2) is 109 Å². The number of allylic oxidation sites excluding steroid dienone is 1. The van der Waals surface area contributed by atoms with Gasteiger partial charge in [-0.15, -0.1) is 0 Å². The third-order valence-electron chi connectivity index (χ3n) is 6.78. The van der Waals surface area contributed by atoms with Crippen molar-refractivity contribution < 1.29 is 14.6 Å². The standard InChI is InChI=1S/C35H33N3O3S/c1-3-8-30-23-38(4-2)34(36-30)21-25-11-13-27(14-12-25)28-15-18-31(19-16-28)41-33-20-17-29(35(39)40)22-32(33)37-42-24-26-9-6-5-7-10-26/h3,5-20,22-23,37H,4,21,24H2,1-2H3,(H,39,40)/b8-3+. The van der Waals surface area contributed by atoms with Crippen molar-refractivity contribution >= 4 is 29.7 Å². The Bertz CT molecular complexity index is 1660. The molecule has 0 unspecified atom stereocenters. The average molecular weight is 576 g/mol. The number of nitrogens with one attached hydrogen (secondary N) is 1. The minimum atomic E-state index is -0.984. The van der Waals surface area contributed by atoms with Crippen molar-refractivity contribution in [3.8, 4) is 22.6 Å². The molecule has 4 aromatic carbocycles. The Morgan fingerprint density at radius 1 is 0.952 bits per heavy atom. The van der Waals surface area contributed by atoms with Gasteiger partial charge in [-0.1, -0.05) is 72.8 Å². The fourth-order valence-electron chi connectivity index (χ4n) is 4.59. The molecule has 6 nitrogen and oxygen atoms in total.